The highest BCUT2D eigenvalue weighted by atomic mass is 15.1. The zero-order valence-electron chi connectivity index (χ0n) is 7.05. The van der Waals surface area contributed by atoms with Gasteiger partial charge in [0.05, 0.1) is 12.1 Å². The summed E-state index contributed by atoms with van der Waals surface area (Å²) in [7, 11) is 0. The van der Waals surface area contributed by atoms with E-state index in [2.05, 4.69) is 31.8 Å². The van der Waals surface area contributed by atoms with Crippen molar-refractivity contribution in [3.05, 3.63) is 34.2 Å². The molecule has 0 aliphatic heterocycles. The van der Waals surface area contributed by atoms with Crippen molar-refractivity contribution in [2.24, 2.45) is 5.11 Å². The number of hydrogen-bond acceptors (Lipinski definition) is 4. The molecule has 0 atom stereocenters. The van der Waals surface area contributed by atoms with E-state index in [-0.39, 0.29) is 12.4 Å². The summed E-state index contributed by atoms with van der Waals surface area (Å²) >= 11 is 0. The summed E-state index contributed by atoms with van der Waals surface area (Å²) in [6.07, 6.45) is 2.88. The van der Waals surface area contributed by atoms with Crippen LogP contribution < -0.4 is 0 Å². The maximum Gasteiger partial charge on any atom is 0.232 e. The zero-order chi connectivity index (χ0) is 10.2. The first-order valence-electron chi connectivity index (χ1n) is 3.58. The predicted octanol–water partition coefficient (Wildman–Crippen LogP) is 1.01. The second-order valence-electron chi connectivity index (χ2n) is 2.10. The number of hydrogen-bond donors (Lipinski definition) is 0. The van der Waals surface area contributed by atoms with Gasteiger partial charge in [-0.3, -0.25) is 0 Å². The summed E-state index contributed by atoms with van der Waals surface area (Å²) in [5.41, 5.74) is 8.54. The standard InChI is InChI=1S/C8H4N6/c9-4-8-11-5-7(6-12-8)2-1-3-13-14-10/h5-6H,3H2. The average molecular weight is 184 g/mol. The van der Waals surface area contributed by atoms with E-state index in [0.29, 0.717) is 5.56 Å². The second-order valence-corrected chi connectivity index (χ2v) is 2.10. The van der Waals surface area contributed by atoms with Crippen LogP contribution in [0.5, 0.6) is 0 Å². The Bertz CT molecular complexity index is 451. The highest BCUT2D eigenvalue weighted by molar-refractivity contribution is 5.30. The van der Waals surface area contributed by atoms with Crippen LogP contribution in [0.4, 0.5) is 0 Å². The van der Waals surface area contributed by atoms with E-state index in [4.69, 9.17) is 10.8 Å². The van der Waals surface area contributed by atoms with Gasteiger partial charge < -0.3 is 0 Å². The van der Waals surface area contributed by atoms with Crippen molar-refractivity contribution < 1.29 is 0 Å². The summed E-state index contributed by atoms with van der Waals surface area (Å²) < 4.78 is 0. The molecule has 0 amide bonds. The van der Waals surface area contributed by atoms with Crippen molar-refractivity contribution in [3.63, 3.8) is 0 Å². The Morgan fingerprint density at radius 1 is 1.50 bits per heavy atom. The average Bonchev–Trinajstić information content (AvgIpc) is 2.25. The lowest BCUT2D eigenvalue weighted by Gasteiger charge is -1.87. The third-order valence-electron chi connectivity index (χ3n) is 1.20. The molecule has 1 rings (SSSR count). The fourth-order valence-corrected chi connectivity index (χ4v) is 0.659. The molecule has 0 saturated carbocycles. The minimum Gasteiger partial charge on any atom is -0.226 e. The molecular formula is C8H4N6. The topological polar surface area (TPSA) is 98.3 Å². The van der Waals surface area contributed by atoms with E-state index in [1.807, 2.05) is 0 Å². The van der Waals surface area contributed by atoms with E-state index in [1.165, 1.54) is 12.4 Å². The predicted molar refractivity (Wildman–Crippen MR) is 47.6 cm³/mol. The van der Waals surface area contributed by atoms with Crippen LogP contribution in [0.15, 0.2) is 17.5 Å². The van der Waals surface area contributed by atoms with E-state index >= 15 is 0 Å². The quantitative estimate of drug-likeness (QED) is 0.282. The van der Waals surface area contributed by atoms with Gasteiger partial charge >= 0.3 is 0 Å². The van der Waals surface area contributed by atoms with Crippen LogP contribution in [0.25, 0.3) is 10.4 Å². The van der Waals surface area contributed by atoms with Crippen molar-refractivity contribution >= 4 is 0 Å². The fraction of sp³-hybridized carbons (Fsp3) is 0.125. The molecule has 0 spiro atoms. The molecule has 0 aliphatic carbocycles. The Morgan fingerprint density at radius 3 is 2.79 bits per heavy atom. The number of azide groups is 1. The van der Waals surface area contributed by atoms with E-state index in [1.54, 1.807) is 6.07 Å². The van der Waals surface area contributed by atoms with Crippen molar-refractivity contribution in [1.82, 2.24) is 9.97 Å². The number of aromatic nitrogens is 2. The third kappa shape index (κ3) is 2.82. The van der Waals surface area contributed by atoms with Gasteiger partial charge in [0, 0.05) is 17.3 Å². The van der Waals surface area contributed by atoms with Gasteiger partial charge in [0.2, 0.25) is 5.82 Å². The molecule has 0 radical (unpaired) electrons. The van der Waals surface area contributed by atoms with Gasteiger partial charge in [-0.1, -0.05) is 17.0 Å². The number of rotatable bonds is 1. The fourth-order valence-electron chi connectivity index (χ4n) is 0.659. The summed E-state index contributed by atoms with van der Waals surface area (Å²) in [5, 5.41) is 11.6. The molecule has 0 aliphatic rings. The molecule has 0 fully saturated rings. The first kappa shape index (κ1) is 9.53. The summed E-state index contributed by atoms with van der Waals surface area (Å²) in [5.74, 6) is 5.39. The number of nitriles is 1. The Balaban J connectivity index is 2.72. The van der Waals surface area contributed by atoms with Crippen LogP contribution in [0.2, 0.25) is 0 Å². The molecule has 0 aromatic carbocycles. The van der Waals surface area contributed by atoms with Gasteiger partial charge in [-0.15, -0.1) is 0 Å². The highest BCUT2D eigenvalue weighted by Gasteiger charge is 1.91. The molecule has 0 bridgehead atoms. The summed E-state index contributed by atoms with van der Waals surface area (Å²) in [4.78, 5) is 9.98. The Hall–Kier alpha value is -2.56. The minimum atomic E-state index is 0.102. The molecule has 14 heavy (non-hydrogen) atoms. The monoisotopic (exact) mass is 184 g/mol. The summed E-state index contributed by atoms with van der Waals surface area (Å²) in [6, 6.07) is 1.79. The maximum atomic E-state index is 8.41. The van der Waals surface area contributed by atoms with E-state index < -0.39 is 0 Å². The SMILES string of the molecule is N#Cc1ncc(C#CCN=[N+]=[N-])cn1. The molecule has 0 unspecified atom stereocenters. The van der Waals surface area contributed by atoms with Crippen molar-refractivity contribution in [2.75, 3.05) is 6.54 Å². The Labute approximate surface area is 79.9 Å². The van der Waals surface area contributed by atoms with Crippen LogP contribution >= 0.6 is 0 Å². The van der Waals surface area contributed by atoms with Gasteiger partial charge in [0.15, 0.2) is 0 Å². The largest absolute Gasteiger partial charge is 0.232 e. The normalized spacial score (nSPS) is 7.64. The van der Waals surface area contributed by atoms with Crippen LogP contribution in [0.3, 0.4) is 0 Å². The van der Waals surface area contributed by atoms with Crippen LogP contribution in [0.1, 0.15) is 11.4 Å². The summed E-state index contributed by atoms with van der Waals surface area (Å²) in [6.45, 7) is 0.108. The first-order valence-corrected chi connectivity index (χ1v) is 3.58. The Kier molecular flexibility index (Phi) is 3.51. The smallest absolute Gasteiger partial charge is 0.226 e. The van der Waals surface area contributed by atoms with Gasteiger partial charge in [-0.05, 0) is 5.53 Å². The van der Waals surface area contributed by atoms with Crippen molar-refractivity contribution in [2.45, 2.75) is 0 Å². The second kappa shape index (κ2) is 5.15. The zero-order valence-corrected chi connectivity index (χ0v) is 7.05. The van der Waals surface area contributed by atoms with Crippen LogP contribution in [-0.2, 0) is 0 Å². The van der Waals surface area contributed by atoms with Crippen LogP contribution in [-0.4, -0.2) is 16.5 Å². The van der Waals surface area contributed by atoms with E-state index in [0.717, 1.165) is 0 Å². The molecular weight excluding hydrogens is 180 g/mol. The molecule has 1 aromatic heterocycles. The lowest BCUT2D eigenvalue weighted by atomic mass is 10.3. The third-order valence-corrected chi connectivity index (χ3v) is 1.20. The number of nitrogens with zero attached hydrogens (tertiary/aromatic N) is 6. The van der Waals surface area contributed by atoms with Gasteiger partial charge in [-0.2, -0.15) is 5.26 Å². The lowest BCUT2D eigenvalue weighted by molar-refractivity contribution is 1.10. The lowest BCUT2D eigenvalue weighted by Crippen LogP contribution is -1.88. The highest BCUT2D eigenvalue weighted by Crippen LogP contribution is 1.92. The molecule has 0 saturated heterocycles. The van der Waals surface area contributed by atoms with Gasteiger partial charge in [0.1, 0.15) is 6.07 Å². The molecule has 6 nitrogen and oxygen atoms in total. The van der Waals surface area contributed by atoms with Crippen LogP contribution in [0, 0.1) is 23.2 Å². The molecule has 0 N–H and O–H groups in total. The van der Waals surface area contributed by atoms with Gasteiger partial charge in [0.25, 0.3) is 0 Å². The molecule has 1 heterocycles. The maximum absolute atomic E-state index is 8.41. The van der Waals surface area contributed by atoms with Crippen molar-refractivity contribution in [1.29, 1.82) is 5.26 Å². The Morgan fingerprint density at radius 2 is 2.21 bits per heavy atom. The molecule has 6 heteroatoms. The molecule has 1 aromatic rings. The first-order chi connectivity index (χ1) is 6.86. The van der Waals surface area contributed by atoms with Crippen molar-refractivity contribution in [3.8, 4) is 17.9 Å². The van der Waals surface area contributed by atoms with E-state index in [9.17, 15) is 0 Å². The molecule has 66 valence electrons. The van der Waals surface area contributed by atoms with Gasteiger partial charge in [-0.25, -0.2) is 9.97 Å². The minimum absolute atomic E-state index is 0.102.